The first kappa shape index (κ1) is 14.5. The first-order chi connectivity index (χ1) is 9.49. The second kappa shape index (κ2) is 6.05. The van der Waals surface area contributed by atoms with Gasteiger partial charge in [0.1, 0.15) is 17.3 Å². The third-order valence-corrected chi connectivity index (χ3v) is 3.13. The lowest BCUT2D eigenvalue weighted by Gasteiger charge is -2.13. The van der Waals surface area contributed by atoms with E-state index in [4.69, 9.17) is 17.3 Å². The molecule has 1 aromatic heterocycles. The van der Waals surface area contributed by atoms with Gasteiger partial charge in [-0.15, -0.1) is 0 Å². The highest BCUT2D eigenvalue weighted by Gasteiger charge is 2.12. The Labute approximate surface area is 122 Å². The number of aromatic nitrogens is 2. The Hall–Kier alpha value is -1.88. The Morgan fingerprint density at radius 3 is 2.65 bits per heavy atom. The second-order valence-electron chi connectivity index (χ2n) is 4.73. The average Bonchev–Trinajstić information content (AvgIpc) is 2.41. The van der Waals surface area contributed by atoms with Crippen LogP contribution in [0, 0.1) is 5.82 Å². The van der Waals surface area contributed by atoms with E-state index in [9.17, 15) is 4.39 Å². The number of anilines is 2. The fraction of sp³-hybridized carbons (Fsp3) is 0.286. The summed E-state index contributed by atoms with van der Waals surface area (Å²) in [6.07, 6.45) is 0. The van der Waals surface area contributed by atoms with Crippen LogP contribution in [0.1, 0.15) is 31.2 Å². The predicted molar refractivity (Wildman–Crippen MR) is 79.3 cm³/mol. The first-order valence-electron chi connectivity index (χ1n) is 6.29. The lowest BCUT2D eigenvalue weighted by atomic mass is 10.2. The summed E-state index contributed by atoms with van der Waals surface area (Å²) in [4.78, 5) is 8.44. The summed E-state index contributed by atoms with van der Waals surface area (Å²) in [5.41, 5.74) is 6.65. The van der Waals surface area contributed by atoms with Crippen LogP contribution in [0.25, 0.3) is 0 Å². The van der Waals surface area contributed by atoms with E-state index in [0.29, 0.717) is 17.2 Å². The van der Waals surface area contributed by atoms with Gasteiger partial charge in [-0.25, -0.2) is 14.4 Å². The molecule has 0 bridgehead atoms. The van der Waals surface area contributed by atoms with E-state index >= 15 is 0 Å². The number of nitrogen functional groups attached to an aromatic ring is 1. The number of nitrogens with one attached hydrogen (secondary N) is 1. The molecule has 4 nitrogen and oxygen atoms in total. The van der Waals surface area contributed by atoms with Crippen molar-refractivity contribution in [3.63, 3.8) is 0 Å². The number of rotatable bonds is 4. The van der Waals surface area contributed by atoms with Gasteiger partial charge in [0.15, 0.2) is 11.0 Å². The molecule has 0 radical (unpaired) electrons. The lowest BCUT2D eigenvalue weighted by Crippen LogP contribution is -2.10. The molecule has 0 aliphatic heterocycles. The Morgan fingerprint density at radius 1 is 1.30 bits per heavy atom. The van der Waals surface area contributed by atoms with Crippen LogP contribution in [-0.4, -0.2) is 9.97 Å². The molecule has 0 fully saturated rings. The molecule has 0 saturated heterocycles. The molecule has 0 saturated carbocycles. The molecular weight excluding hydrogens is 279 g/mol. The molecule has 1 heterocycles. The summed E-state index contributed by atoms with van der Waals surface area (Å²) in [6, 6.07) is 6.53. The van der Waals surface area contributed by atoms with E-state index in [1.807, 2.05) is 13.8 Å². The molecule has 0 aliphatic carbocycles. The fourth-order valence-corrected chi connectivity index (χ4v) is 1.85. The highest BCUT2D eigenvalue weighted by atomic mass is 35.5. The summed E-state index contributed by atoms with van der Waals surface area (Å²) in [5.74, 6) is 0.877. The van der Waals surface area contributed by atoms with E-state index in [-0.39, 0.29) is 29.1 Å². The van der Waals surface area contributed by atoms with E-state index in [0.717, 1.165) is 0 Å². The molecule has 106 valence electrons. The Bertz CT molecular complexity index is 616. The van der Waals surface area contributed by atoms with Gasteiger partial charge in [-0.05, 0) is 6.07 Å². The maximum Gasteiger partial charge on any atom is 0.157 e. The SMILES string of the molecule is CC(C)c1nc(Cl)c(N)c(NCc2ccccc2F)n1. The van der Waals surface area contributed by atoms with Gasteiger partial charge < -0.3 is 11.1 Å². The second-order valence-corrected chi connectivity index (χ2v) is 5.09. The number of benzene rings is 1. The number of halogens is 2. The molecule has 0 spiro atoms. The van der Waals surface area contributed by atoms with E-state index in [2.05, 4.69) is 15.3 Å². The van der Waals surface area contributed by atoms with Crippen molar-refractivity contribution in [1.82, 2.24) is 9.97 Å². The first-order valence-corrected chi connectivity index (χ1v) is 6.67. The minimum absolute atomic E-state index is 0.127. The smallest absolute Gasteiger partial charge is 0.157 e. The maximum atomic E-state index is 13.5. The highest BCUT2D eigenvalue weighted by molar-refractivity contribution is 6.32. The number of nitrogens with zero attached hydrogens (tertiary/aromatic N) is 2. The van der Waals surface area contributed by atoms with E-state index < -0.39 is 0 Å². The van der Waals surface area contributed by atoms with Crippen molar-refractivity contribution in [2.45, 2.75) is 26.3 Å². The van der Waals surface area contributed by atoms with Crippen molar-refractivity contribution in [2.75, 3.05) is 11.1 Å². The number of nitrogens with two attached hydrogens (primary N) is 1. The van der Waals surface area contributed by atoms with E-state index in [1.165, 1.54) is 6.07 Å². The predicted octanol–water partition coefficient (Wildman–Crippen LogP) is 3.59. The van der Waals surface area contributed by atoms with Crippen LogP contribution in [-0.2, 0) is 6.54 Å². The zero-order chi connectivity index (χ0) is 14.7. The van der Waals surface area contributed by atoms with Crippen molar-refractivity contribution < 1.29 is 4.39 Å². The molecule has 0 unspecified atom stereocenters. The van der Waals surface area contributed by atoms with Crippen LogP contribution in [0.2, 0.25) is 5.15 Å². The topological polar surface area (TPSA) is 63.8 Å². The van der Waals surface area contributed by atoms with Crippen LogP contribution in [0.15, 0.2) is 24.3 Å². The molecule has 0 aliphatic rings. The van der Waals surface area contributed by atoms with Crippen molar-refractivity contribution in [1.29, 1.82) is 0 Å². The number of hydrogen-bond acceptors (Lipinski definition) is 4. The van der Waals surface area contributed by atoms with Crippen LogP contribution in [0.3, 0.4) is 0 Å². The highest BCUT2D eigenvalue weighted by Crippen LogP contribution is 2.26. The van der Waals surface area contributed by atoms with Crippen LogP contribution < -0.4 is 11.1 Å². The summed E-state index contributed by atoms with van der Waals surface area (Å²) < 4.78 is 13.5. The van der Waals surface area contributed by atoms with Gasteiger partial charge in [0, 0.05) is 18.0 Å². The summed E-state index contributed by atoms with van der Waals surface area (Å²) in [7, 11) is 0. The maximum absolute atomic E-state index is 13.5. The molecular formula is C14H16ClFN4. The summed E-state index contributed by atoms with van der Waals surface area (Å²) in [6.45, 7) is 4.20. The molecule has 2 rings (SSSR count). The Balaban J connectivity index is 2.23. The quantitative estimate of drug-likeness (QED) is 0.846. The van der Waals surface area contributed by atoms with Crippen LogP contribution in [0.5, 0.6) is 0 Å². The molecule has 0 atom stereocenters. The standard InChI is InChI=1S/C14H16ClFN4/c1-8(2)13-19-12(15)11(17)14(20-13)18-7-9-5-3-4-6-10(9)16/h3-6,8H,7,17H2,1-2H3,(H,18,19,20). The van der Waals surface area contributed by atoms with Crippen molar-refractivity contribution in [3.8, 4) is 0 Å². The van der Waals surface area contributed by atoms with Gasteiger partial charge >= 0.3 is 0 Å². The van der Waals surface area contributed by atoms with Gasteiger partial charge in [0.2, 0.25) is 0 Å². The van der Waals surface area contributed by atoms with Gasteiger partial charge in [-0.2, -0.15) is 0 Å². The third-order valence-electron chi connectivity index (χ3n) is 2.84. The minimum atomic E-state index is -0.275. The molecule has 1 aromatic carbocycles. The third kappa shape index (κ3) is 3.17. The zero-order valence-electron chi connectivity index (χ0n) is 11.3. The van der Waals surface area contributed by atoms with E-state index in [1.54, 1.807) is 18.2 Å². The van der Waals surface area contributed by atoms with Crippen LogP contribution >= 0.6 is 11.6 Å². The van der Waals surface area contributed by atoms with Crippen molar-refractivity contribution in [3.05, 3.63) is 46.6 Å². The molecule has 6 heteroatoms. The zero-order valence-corrected chi connectivity index (χ0v) is 12.1. The number of hydrogen-bond donors (Lipinski definition) is 2. The summed E-state index contributed by atoms with van der Waals surface area (Å²) >= 11 is 5.99. The van der Waals surface area contributed by atoms with Gasteiger partial charge in [-0.3, -0.25) is 0 Å². The van der Waals surface area contributed by atoms with Crippen molar-refractivity contribution >= 4 is 23.1 Å². The Morgan fingerprint density at radius 2 is 2.00 bits per heavy atom. The molecule has 0 amide bonds. The van der Waals surface area contributed by atoms with Crippen LogP contribution in [0.4, 0.5) is 15.9 Å². The summed E-state index contributed by atoms with van der Waals surface area (Å²) in [5, 5.41) is 3.21. The normalized spacial score (nSPS) is 10.8. The lowest BCUT2D eigenvalue weighted by molar-refractivity contribution is 0.613. The molecule has 3 N–H and O–H groups in total. The fourth-order valence-electron chi connectivity index (χ4n) is 1.67. The van der Waals surface area contributed by atoms with Gasteiger partial charge in [0.05, 0.1) is 0 Å². The average molecular weight is 295 g/mol. The van der Waals surface area contributed by atoms with Crippen molar-refractivity contribution in [2.24, 2.45) is 0 Å². The van der Waals surface area contributed by atoms with Gasteiger partial charge in [0.25, 0.3) is 0 Å². The van der Waals surface area contributed by atoms with Gasteiger partial charge in [-0.1, -0.05) is 43.6 Å². The molecule has 20 heavy (non-hydrogen) atoms. The monoisotopic (exact) mass is 294 g/mol. The largest absolute Gasteiger partial charge is 0.393 e. The molecule has 2 aromatic rings. The minimum Gasteiger partial charge on any atom is -0.393 e. The Kier molecular flexibility index (Phi) is 4.39.